The first-order valence-electron chi connectivity index (χ1n) is 37.5. The number of anilines is 6. The molecule has 0 spiro atoms. The molecule has 2 aliphatic carbocycles. The average molecular weight is 1410 g/mol. The summed E-state index contributed by atoms with van der Waals surface area (Å²) < 4.78 is 5.09. The maximum Gasteiger partial charge on any atom is 0.0546 e. The number of thiophene rings is 2. The van der Waals surface area contributed by atoms with E-state index in [-0.39, 0.29) is 10.8 Å². The van der Waals surface area contributed by atoms with Gasteiger partial charge in [-0.1, -0.05) is 301 Å². The maximum atomic E-state index is 2.58. The molecule has 0 saturated carbocycles. The normalized spacial score (nSPS) is 13.1. The van der Waals surface area contributed by atoms with Gasteiger partial charge >= 0.3 is 0 Å². The Bertz CT molecular complexity index is 6880. The smallest absolute Gasteiger partial charge is 0.0546 e. The predicted molar refractivity (Wildman–Crippen MR) is 464 cm³/mol. The second-order valence-corrected chi connectivity index (χ2v) is 32.4. The van der Waals surface area contributed by atoms with E-state index in [9.17, 15) is 0 Å². The highest BCUT2D eigenvalue weighted by atomic mass is 32.1. The Labute approximate surface area is 637 Å². The molecule has 0 saturated heterocycles. The van der Waals surface area contributed by atoms with Gasteiger partial charge in [0.15, 0.2) is 0 Å². The highest BCUT2D eigenvalue weighted by Crippen LogP contribution is 2.57. The lowest BCUT2D eigenvalue weighted by atomic mass is 9.82. The molecule has 19 aromatic rings. The van der Waals surface area contributed by atoms with E-state index in [1.165, 1.54) is 140 Å². The second-order valence-electron chi connectivity index (χ2n) is 30.3. The summed E-state index contributed by atoms with van der Waals surface area (Å²) in [5.74, 6) is 0. The molecule has 4 heteroatoms. The summed E-state index contributed by atoms with van der Waals surface area (Å²) in [6.45, 7) is 9.57. The summed E-state index contributed by atoms with van der Waals surface area (Å²) >= 11 is 3.78. The second kappa shape index (κ2) is 25.0. The largest absolute Gasteiger partial charge is 0.310 e. The van der Waals surface area contributed by atoms with Crippen molar-refractivity contribution in [1.82, 2.24) is 0 Å². The van der Waals surface area contributed by atoms with Gasteiger partial charge in [-0.3, -0.25) is 0 Å². The molecule has 0 unspecified atom stereocenters. The van der Waals surface area contributed by atoms with Gasteiger partial charge in [0.05, 0.1) is 11.4 Å². The van der Waals surface area contributed by atoms with Gasteiger partial charge in [0.25, 0.3) is 0 Å². The summed E-state index contributed by atoms with van der Waals surface area (Å²) in [6.07, 6.45) is 0. The van der Waals surface area contributed by atoms with Gasteiger partial charge < -0.3 is 9.80 Å². The Hall–Kier alpha value is -12.7. The predicted octanol–water partition coefficient (Wildman–Crippen LogP) is 30.3. The van der Waals surface area contributed by atoms with E-state index in [4.69, 9.17) is 0 Å². The summed E-state index contributed by atoms with van der Waals surface area (Å²) in [5, 5.41) is 9.81. The zero-order valence-corrected chi connectivity index (χ0v) is 62.0. The van der Waals surface area contributed by atoms with Crippen LogP contribution in [0.15, 0.2) is 364 Å². The molecule has 510 valence electrons. The molecule has 2 aliphatic rings. The molecule has 21 rings (SSSR count). The van der Waals surface area contributed by atoms with E-state index >= 15 is 0 Å². The lowest BCUT2D eigenvalue weighted by molar-refractivity contribution is 0.660. The molecule has 2 nitrogen and oxygen atoms in total. The molecule has 0 radical (unpaired) electrons. The van der Waals surface area contributed by atoms with Crippen molar-refractivity contribution < 1.29 is 0 Å². The fourth-order valence-corrected chi connectivity index (χ4v) is 20.5. The van der Waals surface area contributed by atoms with Gasteiger partial charge in [-0.2, -0.15) is 0 Å². The molecule has 0 atom stereocenters. The van der Waals surface area contributed by atoms with Crippen LogP contribution in [0.25, 0.3) is 151 Å². The minimum Gasteiger partial charge on any atom is -0.310 e. The summed E-state index contributed by atoms with van der Waals surface area (Å²) in [6, 6.07) is 137. The van der Waals surface area contributed by atoms with Crippen molar-refractivity contribution in [2.75, 3.05) is 9.80 Å². The zero-order valence-electron chi connectivity index (χ0n) is 60.4. The van der Waals surface area contributed by atoms with Crippen LogP contribution in [-0.2, 0) is 10.8 Å². The van der Waals surface area contributed by atoms with Crippen LogP contribution in [0.2, 0.25) is 0 Å². The lowest BCUT2D eigenvalue weighted by Gasteiger charge is -2.31. The van der Waals surface area contributed by atoms with Crippen molar-refractivity contribution in [2.45, 2.75) is 38.5 Å². The van der Waals surface area contributed by atoms with Crippen molar-refractivity contribution >= 4 is 119 Å². The van der Waals surface area contributed by atoms with Crippen molar-refractivity contribution in [3.05, 3.63) is 386 Å². The van der Waals surface area contributed by atoms with Crippen LogP contribution in [0, 0.1) is 0 Å². The van der Waals surface area contributed by atoms with E-state index in [2.05, 4.69) is 401 Å². The Morgan fingerprint density at radius 1 is 0.204 bits per heavy atom. The van der Waals surface area contributed by atoms with Crippen LogP contribution in [0.1, 0.15) is 49.9 Å². The zero-order chi connectivity index (χ0) is 71.9. The fraction of sp³-hybridized carbons (Fsp3) is 0.0577. The third kappa shape index (κ3) is 10.3. The topological polar surface area (TPSA) is 6.48 Å². The van der Waals surface area contributed by atoms with Crippen molar-refractivity contribution in [3.63, 3.8) is 0 Å². The van der Waals surface area contributed by atoms with Crippen LogP contribution in [-0.4, -0.2) is 0 Å². The highest BCUT2D eigenvalue weighted by Gasteiger charge is 2.38. The van der Waals surface area contributed by atoms with E-state index in [1.807, 2.05) is 22.7 Å². The van der Waals surface area contributed by atoms with Crippen molar-refractivity contribution in [2.24, 2.45) is 0 Å². The molecule has 2 aromatic heterocycles. The fourth-order valence-electron chi connectivity index (χ4n) is 18.0. The molecule has 17 aromatic carbocycles. The first kappa shape index (κ1) is 63.7. The number of rotatable bonds is 12. The molecule has 0 aliphatic heterocycles. The minimum atomic E-state index is -0.235. The van der Waals surface area contributed by atoms with E-state index < -0.39 is 0 Å². The van der Waals surface area contributed by atoms with Crippen molar-refractivity contribution in [1.29, 1.82) is 0 Å². The van der Waals surface area contributed by atoms with Crippen LogP contribution in [0.5, 0.6) is 0 Å². The van der Waals surface area contributed by atoms with Gasteiger partial charge in [0, 0.05) is 96.2 Å². The molecule has 0 fully saturated rings. The molecule has 0 bridgehead atoms. The minimum absolute atomic E-state index is 0.217. The first-order valence-corrected chi connectivity index (χ1v) is 39.1. The van der Waals surface area contributed by atoms with Crippen LogP contribution < -0.4 is 9.80 Å². The third-order valence-electron chi connectivity index (χ3n) is 23.4. The van der Waals surface area contributed by atoms with Crippen LogP contribution in [0.3, 0.4) is 0 Å². The number of hydrogen-bond donors (Lipinski definition) is 0. The van der Waals surface area contributed by atoms with Crippen LogP contribution in [0.4, 0.5) is 34.1 Å². The van der Waals surface area contributed by atoms with Crippen LogP contribution >= 0.6 is 22.7 Å². The lowest BCUT2D eigenvalue weighted by Crippen LogP contribution is -2.17. The third-order valence-corrected chi connectivity index (χ3v) is 25.8. The Balaban J connectivity index is 0.768. The van der Waals surface area contributed by atoms with Gasteiger partial charge in [0.1, 0.15) is 0 Å². The van der Waals surface area contributed by atoms with E-state index in [0.29, 0.717) is 0 Å². The molecule has 0 N–H and O–H groups in total. The highest BCUT2D eigenvalue weighted by molar-refractivity contribution is 7.26. The van der Waals surface area contributed by atoms with Gasteiger partial charge in [-0.25, -0.2) is 0 Å². The van der Waals surface area contributed by atoms with E-state index in [0.717, 1.165) is 67.5 Å². The number of benzene rings is 17. The summed E-state index contributed by atoms with van der Waals surface area (Å²) in [7, 11) is 0. The number of fused-ring (bicyclic) bond motifs is 14. The summed E-state index contributed by atoms with van der Waals surface area (Å²) in [5.41, 5.74) is 30.8. The van der Waals surface area contributed by atoms with Gasteiger partial charge in [0.2, 0.25) is 0 Å². The first-order chi connectivity index (χ1) is 53.0. The summed E-state index contributed by atoms with van der Waals surface area (Å²) in [4.78, 5) is 5.14. The Morgan fingerprint density at radius 2 is 0.639 bits per heavy atom. The molecule has 108 heavy (non-hydrogen) atoms. The average Bonchev–Trinajstić information content (AvgIpc) is 1.48. The molecular weight excluding hydrogens is 1340 g/mol. The number of hydrogen-bond acceptors (Lipinski definition) is 4. The molecular formula is C104H72N2S2. The molecule has 2 heterocycles. The monoisotopic (exact) mass is 1410 g/mol. The van der Waals surface area contributed by atoms with Crippen molar-refractivity contribution in [3.8, 4) is 89.0 Å². The van der Waals surface area contributed by atoms with Gasteiger partial charge in [-0.05, 0) is 202 Å². The SMILES string of the molecule is CC1(C)c2ccccc2-c2ccc(N(c3cc(-c4ccc5c(-c6ccc(-c7ccccc7)c(N(c7ccc8c(c7)C(C)(C)c7ccccc7-8)c7cc(-c8ccc9ccccc9c8)c8sc9ccccc9c8c7)c6)cccc5c4)c4sc5ccccc5c4c3)c3ccc(-c4ccccc4)cc3-c3ccccc3)cc21. The maximum absolute atomic E-state index is 2.58. The standard InChI is InChI=1S/C104H72N2S2/c1-103(2)93-39-20-16-34-82(93)84-52-48-75(63-95(84)103)105(97-54-47-70(65-25-8-5-9-26-65)57-88(97)68-30-12-7-13-31-68)77-59-90(102-91(61-77)86-36-18-22-41-99(86)108-102)73-45-50-80-71(56-73)33-24-38-79(80)74-46-51-81(67-28-10-6-11-29-67)98(58-74)106(76-49-53-85-83-35-17-21-40-94(83)104(3,4)96(85)64-76)78-60-89(72-44-43-66-27-14-15-32-69(66)55-72)101-92(62-78)87-37-19-23-42-100(87)107-101/h5-64H,1-4H3. The Morgan fingerprint density at radius 3 is 1.24 bits per heavy atom. The Kier molecular flexibility index (Phi) is 14.7. The molecule has 0 amide bonds. The van der Waals surface area contributed by atoms with Gasteiger partial charge in [-0.15, -0.1) is 22.7 Å². The van der Waals surface area contributed by atoms with E-state index in [1.54, 1.807) is 0 Å². The number of nitrogens with zero attached hydrogens (tertiary/aromatic N) is 2. The quantitative estimate of drug-likeness (QED) is 0.120.